The molecule has 0 saturated heterocycles. The van der Waals surface area contributed by atoms with Gasteiger partial charge >= 0.3 is 0 Å². The second-order valence-corrected chi connectivity index (χ2v) is 12.4. The zero-order valence-corrected chi connectivity index (χ0v) is 20.8. The molecule has 4 aliphatic carbocycles. The Labute approximate surface area is 187 Å². The Balaban J connectivity index is 1.40. The van der Waals surface area contributed by atoms with Crippen LogP contribution in [0.4, 0.5) is 0 Å². The van der Waals surface area contributed by atoms with Crippen LogP contribution < -0.4 is 0 Å². The highest BCUT2D eigenvalue weighted by atomic mass is 16.5. The third kappa shape index (κ3) is 4.18. The predicted octanol–water partition coefficient (Wildman–Crippen LogP) is 8.58. The zero-order chi connectivity index (χ0) is 21.4. The van der Waals surface area contributed by atoms with E-state index < -0.39 is 0 Å². The lowest BCUT2D eigenvalue weighted by Gasteiger charge is -2.58. The van der Waals surface area contributed by atoms with Gasteiger partial charge in [0.1, 0.15) is 0 Å². The van der Waals surface area contributed by atoms with E-state index in [4.69, 9.17) is 4.74 Å². The molecule has 0 N–H and O–H groups in total. The van der Waals surface area contributed by atoms with Gasteiger partial charge in [-0.1, -0.05) is 65.0 Å². The Morgan fingerprint density at radius 2 is 1.83 bits per heavy atom. The van der Waals surface area contributed by atoms with Crippen molar-refractivity contribution < 1.29 is 4.74 Å². The van der Waals surface area contributed by atoms with Gasteiger partial charge in [-0.15, -0.1) is 0 Å². The molecule has 1 heteroatoms. The van der Waals surface area contributed by atoms with Crippen molar-refractivity contribution in [2.45, 2.75) is 124 Å². The van der Waals surface area contributed by atoms with Gasteiger partial charge in [0, 0.05) is 6.61 Å². The highest BCUT2D eigenvalue weighted by Gasteiger charge is 2.58. The number of hydrogen-bond acceptors (Lipinski definition) is 1. The molecule has 0 aliphatic heterocycles. The van der Waals surface area contributed by atoms with Crippen LogP contribution in [-0.2, 0) is 4.74 Å². The number of unbranched alkanes of at least 4 members (excludes halogenated alkanes) is 2. The second-order valence-electron chi connectivity index (χ2n) is 12.4. The fourth-order valence-corrected chi connectivity index (χ4v) is 8.71. The third-order valence-electron chi connectivity index (χ3n) is 10.5. The summed E-state index contributed by atoms with van der Waals surface area (Å²) >= 11 is 0. The summed E-state index contributed by atoms with van der Waals surface area (Å²) in [5.41, 5.74) is 2.90. The molecule has 0 heterocycles. The first-order valence-electron chi connectivity index (χ1n) is 13.7. The smallest absolute Gasteiger partial charge is 0.0612 e. The van der Waals surface area contributed by atoms with Gasteiger partial charge in [-0.2, -0.15) is 0 Å². The van der Waals surface area contributed by atoms with Gasteiger partial charge < -0.3 is 4.74 Å². The van der Waals surface area contributed by atoms with Crippen LogP contribution in [0.25, 0.3) is 0 Å². The van der Waals surface area contributed by atoms with Gasteiger partial charge in [-0.05, 0) is 105 Å². The van der Waals surface area contributed by atoms with Crippen LogP contribution >= 0.6 is 0 Å². The number of hydrogen-bond donors (Lipinski definition) is 0. The summed E-state index contributed by atoms with van der Waals surface area (Å²) in [6.07, 6.45) is 21.8. The van der Waals surface area contributed by atoms with Gasteiger partial charge in [-0.25, -0.2) is 0 Å². The van der Waals surface area contributed by atoms with E-state index in [-0.39, 0.29) is 0 Å². The molecule has 3 saturated carbocycles. The maximum absolute atomic E-state index is 6.04. The SMILES string of the molecule is CCO[C@H]1CC[C@@]2(C)C(=CC[C@H]3[C@@H]4CC[C@H](CCCCCC(C)C)[C@@]4(C)CC[C@@H]32)C1. The lowest BCUT2D eigenvalue weighted by Crippen LogP contribution is -2.50. The fraction of sp³-hybridized carbons (Fsp3) is 0.931. The van der Waals surface area contributed by atoms with Gasteiger partial charge in [-0.3, -0.25) is 0 Å². The summed E-state index contributed by atoms with van der Waals surface area (Å²) in [5.74, 6) is 4.79. The van der Waals surface area contributed by atoms with Crippen molar-refractivity contribution in [3.63, 3.8) is 0 Å². The van der Waals surface area contributed by atoms with Gasteiger partial charge in [0.05, 0.1) is 6.10 Å². The normalized spacial score (nSPS) is 43.1. The fourth-order valence-electron chi connectivity index (χ4n) is 8.71. The van der Waals surface area contributed by atoms with E-state index in [1.165, 1.54) is 83.5 Å². The van der Waals surface area contributed by atoms with Crippen molar-refractivity contribution in [1.82, 2.24) is 0 Å². The topological polar surface area (TPSA) is 9.23 Å². The van der Waals surface area contributed by atoms with Gasteiger partial charge in [0.2, 0.25) is 0 Å². The van der Waals surface area contributed by atoms with E-state index in [0.717, 1.165) is 36.2 Å². The van der Waals surface area contributed by atoms with Crippen LogP contribution in [-0.4, -0.2) is 12.7 Å². The van der Waals surface area contributed by atoms with Crippen LogP contribution in [0, 0.1) is 40.4 Å². The number of allylic oxidation sites excluding steroid dienone is 1. The molecule has 0 radical (unpaired) electrons. The summed E-state index contributed by atoms with van der Waals surface area (Å²) in [4.78, 5) is 0. The van der Waals surface area contributed by atoms with Crippen molar-refractivity contribution in [1.29, 1.82) is 0 Å². The Bertz CT molecular complexity index is 605. The average molecular weight is 415 g/mol. The van der Waals surface area contributed by atoms with Crippen molar-refractivity contribution in [2.75, 3.05) is 6.61 Å². The molecular formula is C29H50O. The minimum Gasteiger partial charge on any atom is -0.378 e. The molecule has 0 unspecified atom stereocenters. The van der Waals surface area contributed by atoms with Gasteiger partial charge in [0.25, 0.3) is 0 Å². The van der Waals surface area contributed by atoms with E-state index in [9.17, 15) is 0 Å². The number of fused-ring (bicyclic) bond motifs is 5. The van der Waals surface area contributed by atoms with E-state index in [1.54, 1.807) is 5.57 Å². The van der Waals surface area contributed by atoms with Crippen LogP contribution in [0.3, 0.4) is 0 Å². The highest BCUT2D eigenvalue weighted by molar-refractivity contribution is 5.25. The Hall–Kier alpha value is -0.300. The van der Waals surface area contributed by atoms with Crippen LogP contribution in [0.15, 0.2) is 11.6 Å². The molecule has 3 fully saturated rings. The Kier molecular flexibility index (Phi) is 7.08. The molecule has 4 rings (SSSR count). The molecule has 0 aromatic carbocycles. The molecule has 30 heavy (non-hydrogen) atoms. The first-order chi connectivity index (χ1) is 14.4. The molecule has 7 atom stereocenters. The van der Waals surface area contributed by atoms with Crippen LogP contribution in [0.1, 0.15) is 118 Å². The van der Waals surface area contributed by atoms with E-state index >= 15 is 0 Å². The first kappa shape index (κ1) is 22.9. The quantitative estimate of drug-likeness (QED) is 0.285. The summed E-state index contributed by atoms with van der Waals surface area (Å²) in [6, 6.07) is 0. The molecular weight excluding hydrogens is 364 g/mol. The summed E-state index contributed by atoms with van der Waals surface area (Å²) in [7, 11) is 0. The molecule has 0 amide bonds. The maximum Gasteiger partial charge on any atom is 0.0612 e. The Morgan fingerprint density at radius 3 is 2.60 bits per heavy atom. The minimum atomic E-state index is 0.479. The standard InChI is InChI=1S/C29H50O/c1-6-30-24-16-18-29(5)23(20-24)12-14-25-26-15-13-22(11-9-7-8-10-21(2)3)28(26,4)19-17-27(25)29/h12,21-22,24-27H,6-11,13-20H2,1-5H3/t22-,24-,25-,26-,27-,28+,29-/m0/s1. The molecule has 0 aromatic rings. The average Bonchev–Trinajstić information content (AvgIpc) is 3.04. The third-order valence-corrected chi connectivity index (χ3v) is 10.5. The summed E-state index contributed by atoms with van der Waals surface area (Å²) in [5, 5.41) is 0. The van der Waals surface area contributed by atoms with Crippen molar-refractivity contribution in [2.24, 2.45) is 40.4 Å². The van der Waals surface area contributed by atoms with Crippen molar-refractivity contribution >= 4 is 0 Å². The van der Waals surface area contributed by atoms with Gasteiger partial charge in [0.15, 0.2) is 0 Å². The van der Waals surface area contributed by atoms with Crippen LogP contribution in [0.5, 0.6) is 0 Å². The zero-order valence-electron chi connectivity index (χ0n) is 20.8. The van der Waals surface area contributed by atoms with E-state index in [2.05, 4.69) is 40.7 Å². The molecule has 0 aromatic heterocycles. The first-order valence-corrected chi connectivity index (χ1v) is 13.7. The van der Waals surface area contributed by atoms with E-state index in [0.29, 0.717) is 16.9 Å². The molecule has 0 spiro atoms. The maximum atomic E-state index is 6.04. The second kappa shape index (κ2) is 9.29. The largest absolute Gasteiger partial charge is 0.378 e. The monoisotopic (exact) mass is 414 g/mol. The lowest BCUT2D eigenvalue weighted by molar-refractivity contribution is -0.0577. The summed E-state index contributed by atoms with van der Waals surface area (Å²) in [6.45, 7) is 13.1. The van der Waals surface area contributed by atoms with E-state index in [1.807, 2.05) is 0 Å². The molecule has 1 nitrogen and oxygen atoms in total. The summed E-state index contributed by atoms with van der Waals surface area (Å²) < 4.78 is 6.04. The molecule has 0 bridgehead atoms. The Morgan fingerprint density at radius 1 is 1.00 bits per heavy atom. The van der Waals surface area contributed by atoms with Crippen LogP contribution in [0.2, 0.25) is 0 Å². The molecule has 4 aliphatic rings. The minimum absolute atomic E-state index is 0.479. The number of rotatable bonds is 8. The van der Waals surface area contributed by atoms with Crippen molar-refractivity contribution in [3.8, 4) is 0 Å². The lowest BCUT2D eigenvalue weighted by atomic mass is 9.47. The highest BCUT2D eigenvalue weighted by Crippen LogP contribution is 2.66. The number of ether oxygens (including phenoxy) is 1. The molecule has 172 valence electrons. The predicted molar refractivity (Wildman–Crippen MR) is 129 cm³/mol. The van der Waals surface area contributed by atoms with Crippen molar-refractivity contribution in [3.05, 3.63) is 11.6 Å².